The number of rotatable bonds is 3. The van der Waals surface area contributed by atoms with Crippen molar-refractivity contribution in [3.63, 3.8) is 0 Å². The van der Waals surface area contributed by atoms with E-state index in [4.69, 9.17) is 5.11 Å². The first-order valence-electron chi connectivity index (χ1n) is 6.61. The van der Waals surface area contributed by atoms with E-state index in [1.165, 1.54) is 38.2 Å². The Balaban J connectivity index is 0.000000232. The lowest BCUT2D eigenvalue weighted by atomic mass is 9.84. The van der Waals surface area contributed by atoms with Gasteiger partial charge in [0, 0.05) is 0 Å². The number of hydrogen-bond acceptors (Lipinski definition) is 1. The van der Waals surface area contributed by atoms with Gasteiger partial charge in [0.05, 0.1) is 6.42 Å². The lowest BCUT2D eigenvalue weighted by Gasteiger charge is -2.21. The first-order valence-corrected chi connectivity index (χ1v) is 6.61. The molecule has 1 aromatic rings. The molecular weight excluding hydrogens is 224 g/mol. The molecule has 1 N–H and O–H groups in total. The standard InChI is InChI=1S/C12H16.C4H6O2/c1-3-7-11(8-4-1)12-9-5-2-6-10-12;1-2-3-4(5)6/h1,3-4,7-8,12H,2,5-6,9-10H2;2H,1,3H2,(H,5,6). The van der Waals surface area contributed by atoms with Gasteiger partial charge >= 0.3 is 5.97 Å². The van der Waals surface area contributed by atoms with E-state index in [-0.39, 0.29) is 6.42 Å². The fourth-order valence-electron chi connectivity index (χ4n) is 2.28. The van der Waals surface area contributed by atoms with Gasteiger partial charge in [-0.2, -0.15) is 0 Å². The molecule has 98 valence electrons. The van der Waals surface area contributed by atoms with Crippen molar-refractivity contribution in [1.82, 2.24) is 0 Å². The molecule has 1 aromatic carbocycles. The third-order valence-electron chi connectivity index (χ3n) is 3.20. The van der Waals surface area contributed by atoms with Crippen LogP contribution in [0.1, 0.15) is 50.0 Å². The van der Waals surface area contributed by atoms with Crippen LogP contribution in [0.25, 0.3) is 0 Å². The van der Waals surface area contributed by atoms with E-state index < -0.39 is 5.97 Å². The van der Waals surface area contributed by atoms with E-state index in [9.17, 15) is 4.79 Å². The Labute approximate surface area is 109 Å². The van der Waals surface area contributed by atoms with E-state index >= 15 is 0 Å². The molecule has 1 saturated carbocycles. The maximum atomic E-state index is 9.53. The van der Waals surface area contributed by atoms with Crippen LogP contribution in [0.15, 0.2) is 43.0 Å². The largest absolute Gasteiger partial charge is 0.481 e. The molecule has 0 saturated heterocycles. The second-order valence-corrected chi connectivity index (χ2v) is 4.63. The summed E-state index contributed by atoms with van der Waals surface area (Å²) in [6.45, 7) is 3.22. The molecular formula is C16H22O2. The van der Waals surface area contributed by atoms with Gasteiger partial charge in [-0.15, -0.1) is 6.58 Å². The van der Waals surface area contributed by atoms with Crippen LogP contribution in [0.4, 0.5) is 0 Å². The first-order chi connectivity index (χ1) is 8.74. The predicted octanol–water partition coefficient (Wildman–Crippen LogP) is 4.38. The van der Waals surface area contributed by atoms with Crippen LogP contribution in [0.5, 0.6) is 0 Å². The lowest BCUT2D eigenvalue weighted by molar-refractivity contribution is -0.135. The smallest absolute Gasteiger partial charge is 0.307 e. The summed E-state index contributed by atoms with van der Waals surface area (Å²) in [6.07, 6.45) is 8.53. The molecule has 0 aliphatic heterocycles. The molecule has 0 spiro atoms. The highest BCUT2D eigenvalue weighted by Crippen LogP contribution is 2.31. The van der Waals surface area contributed by atoms with Crippen molar-refractivity contribution in [1.29, 1.82) is 0 Å². The zero-order chi connectivity index (χ0) is 13.2. The minimum Gasteiger partial charge on any atom is -0.481 e. The van der Waals surface area contributed by atoms with Gasteiger partial charge in [0.25, 0.3) is 0 Å². The van der Waals surface area contributed by atoms with Crippen molar-refractivity contribution in [2.75, 3.05) is 0 Å². The van der Waals surface area contributed by atoms with Gasteiger partial charge in [0.1, 0.15) is 0 Å². The molecule has 0 amide bonds. The first kappa shape index (κ1) is 14.5. The molecule has 0 heterocycles. The molecule has 0 aromatic heterocycles. The van der Waals surface area contributed by atoms with Crippen LogP contribution >= 0.6 is 0 Å². The average molecular weight is 246 g/mol. The van der Waals surface area contributed by atoms with Gasteiger partial charge in [-0.05, 0) is 24.3 Å². The number of aliphatic carboxylic acids is 1. The number of carbonyl (C=O) groups is 1. The van der Waals surface area contributed by atoms with Gasteiger partial charge < -0.3 is 5.11 Å². The van der Waals surface area contributed by atoms with Crippen molar-refractivity contribution in [2.24, 2.45) is 0 Å². The highest BCUT2D eigenvalue weighted by Gasteiger charge is 2.14. The molecule has 1 fully saturated rings. The summed E-state index contributed by atoms with van der Waals surface area (Å²) in [5.74, 6) is 0.0324. The quantitative estimate of drug-likeness (QED) is 0.803. The van der Waals surface area contributed by atoms with Gasteiger partial charge in [0.2, 0.25) is 0 Å². The van der Waals surface area contributed by atoms with Gasteiger partial charge in [-0.25, -0.2) is 0 Å². The highest BCUT2D eigenvalue weighted by atomic mass is 16.4. The molecule has 0 bridgehead atoms. The molecule has 1 aliphatic carbocycles. The second kappa shape index (κ2) is 8.51. The maximum absolute atomic E-state index is 9.53. The predicted molar refractivity (Wildman–Crippen MR) is 74.7 cm³/mol. The Bertz CT molecular complexity index is 351. The topological polar surface area (TPSA) is 37.3 Å². The number of carboxylic acids is 1. The molecule has 0 unspecified atom stereocenters. The van der Waals surface area contributed by atoms with Gasteiger partial charge in [-0.3, -0.25) is 4.79 Å². The molecule has 2 nitrogen and oxygen atoms in total. The van der Waals surface area contributed by atoms with Crippen LogP contribution in [0, 0.1) is 0 Å². The summed E-state index contributed by atoms with van der Waals surface area (Å²) in [5.41, 5.74) is 1.55. The number of benzene rings is 1. The summed E-state index contributed by atoms with van der Waals surface area (Å²) >= 11 is 0. The van der Waals surface area contributed by atoms with Gasteiger partial charge in [-0.1, -0.05) is 55.7 Å². The second-order valence-electron chi connectivity index (χ2n) is 4.63. The van der Waals surface area contributed by atoms with E-state index in [0.717, 1.165) is 5.92 Å². The van der Waals surface area contributed by atoms with Crippen molar-refractivity contribution < 1.29 is 9.90 Å². The van der Waals surface area contributed by atoms with E-state index in [0.29, 0.717) is 0 Å². The van der Waals surface area contributed by atoms with Crippen LogP contribution in [-0.2, 0) is 4.79 Å². The Kier molecular flexibility index (Phi) is 6.85. The normalized spacial score (nSPS) is 15.3. The Morgan fingerprint density at radius 1 is 1.22 bits per heavy atom. The molecule has 0 radical (unpaired) electrons. The number of hydrogen-bond donors (Lipinski definition) is 1. The fourth-order valence-corrected chi connectivity index (χ4v) is 2.28. The fraction of sp³-hybridized carbons (Fsp3) is 0.438. The molecule has 1 aliphatic rings. The summed E-state index contributed by atoms with van der Waals surface area (Å²) in [4.78, 5) is 9.53. The van der Waals surface area contributed by atoms with E-state index in [2.05, 4.69) is 36.9 Å². The monoisotopic (exact) mass is 246 g/mol. The van der Waals surface area contributed by atoms with Crippen molar-refractivity contribution in [3.05, 3.63) is 48.6 Å². The van der Waals surface area contributed by atoms with Crippen molar-refractivity contribution in [2.45, 2.75) is 44.4 Å². The summed E-state index contributed by atoms with van der Waals surface area (Å²) in [6, 6.07) is 11.0. The van der Waals surface area contributed by atoms with Gasteiger partial charge in [0.15, 0.2) is 0 Å². The third kappa shape index (κ3) is 5.67. The van der Waals surface area contributed by atoms with E-state index in [1.807, 2.05) is 0 Å². The van der Waals surface area contributed by atoms with Crippen LogP contribution in [-0.4, -0.2) is 11.1 Å². The molecule has 18 heavy (non-hydrogen) atoms. The minimum absolute atomic E-state index is 0.0556. The van der Waals surface area contributed by atoms with Crippen molar-refractivity contribution in [3.8, 4) is 0 Å². The lowest BCUT2D eigenvalue weighted by Crippen LogP contribution is -2.03. The van der Waals surface area contributed by atoms with Crippen LogP contribution in [0.2, 0.25) is 0 Å². The summed E-state index contributed by atoms with van der Waals surface area (Å²) < 4.78 is 0. The highest BCUT2D eigenvalue weighted by molar-refractivity contribution is 5.68. The van der Waals surface area contributed by atoms with Crippen LogP contribution in [0.3, 0.4) is 0 Å². The number of carboxylic acid groups (broad SMARTS) is 1. The van der Waals surface area contributed by atoms with E-state index in [1.54, 1.807) is 5.56 Å². The SMILES string of the molecule is C=CCC(=O)O.c1ccc(C2CCCCC2)cc1. The average Bonchev–Trinajstić information content (AvgIpc) is 2.41. The Morgan fingerprint density at radius 2 is 1.83 bits per heavy atom. The third-order valence-corrected chi connectivity index (χ3v) is 3.20. The molecule has 0 atom stereocenters. The van der Waals surface area contributed by atoms with Crippen molar-refractivity contribution >= 4 is 5.97 Å². The zero-order valence-corrected chi connectivity index (χ0v) is 10.8. The summed E-state index contributed by atoms with van der Waals surface area (Å²) in [7, 11) is 0. The Morgan fingerprint density at radius 3 is 2.28 bits per heavy atom. The Hall–Kier alpha value is -1.57. The summed E-state index contributed by atoms with van der Waals surface area (Å²) in [5, 5.41) is 7.84. The van der Waals surface area contributed by atoms with Crippen LogP contribution < -0.4 is 0 Å². The zero-order valence-electron chi connectivity index (χ0n) is 10.8. The maximum Gasteiger partial charge on any atom is 0.307 e. The molecule has 2 heteroatoms. The minimum atomic E-state index is -0.829. The molecule has 2 rings (SSSR count).